The van der Waals surface area contributed by atoms with E-state index in [4.69, 9.17) is 18.9 Å². The number of carbonyl (C=O) groups is 4. The summed E-state index contributed by atoms with van der Waals surface area (Å²) in [6.45, 7) is 0.250. The van der Waals surface area contributed by atoms with Crippen LogP contribution in [0.1, 0.15) is 47.9 Å². The zero-order chi connectivity index (χ0) is 39.6. The van der Waals surface area contributed by atoms with Gasteiger partial charge in [0.25, 0.3) is 0 Å². The standard InChI is InChI=1S/C44H44F2O10/c1-51-39(47)19-11-29-7-17-33(35(45)23-29)31-13-3-27(4-14-31)9-21-41(49)55-37-25-53-44-38(26-54-43(37)44)56-42(50)22-10-28-5-15-32(16-6-28)34-18-8-30(24-36(34)46)12-20-40(48)52-2/h3-8,13-18,23-24,37-38,43-44H,9-12,19-22,25-26H2,1-2H3/t37-,38+,43-,44-/m1/s1. The van der Waals surface area contributed by atoms with Gasteiger partial charge in [0.1, 0.15) is 23.8 Å². The van der Waals surface area contributed by atoms with Crippen LogP contribution in [0.15, 0.2) is 84.9 Å². The van der Waals surface area contributed by atoms with Crippen LogP contribution in [0, 0.1) is 11.6 Å². The molecule has 294 valence electrons. The van der Waals surface area contributed by atoms with E-state index < -0.39 is 36.4 Å². The molecule has 4 atom stereocenters. The van der Waals surface area contributed by atoms with Gasteiger partial charge in [-0.25, -0.2) is 8.78 Å². The topological polar surface area (TPSA) is 124 Å². The fourth-order valence-electron chi connectivity index (χ4n) is 6.87. The molecule has 2 heterocycles. The summed E-state index contributed by atoms with van der Waals surface area (Å²) >= 11 is 0. The average molecular weight is 771 g/mol. The first-order valence-electron chi connectivity index (χ1n) is 18.6. The molecule has 0 saturated carbocycles. The maximum Gasteiger partial charge on any atom is 0.306 e. The summed E-state index contributed by atoms with van der Waals surface area (Å²) in [6, 6.07) is 24.4. The Labute approximate surface area is 324 Å². The molecule has 6 rings (SSSR count). The number of benzene rings is 4. The number of hydrogen-bond acceptors (Lipinski definition) is 10. The molecule has 0 unspecified atom stereocenters. The summed E-state index contributed by atoms with van der Waals surface area (Å²) in [5.41, 5.74) is 5.44. The van der Waals surface area contributed by atoms with Gasteiger partial charge in [-0.2, -0.15) is 0 Å². The van der Waals surface area contributed by atoms with E-state index in [1.807, 2.05) is 24.3 Å². The van der Waals surface area contributed by atoms with Crippen molar-refractivity contribution in [2.75, 3.05) is 27.4 Å². The molecular weight excluding hydrogens is 726 g/mol. The van der Waals surface area contributed by atoms with Crippen molar-refractivity contribution in [2.45, 2.75) is 75.8 Å². The first-order chi connectivity index (χ1) is 27.1. The van der Waals surface area contributed by atoms with Gasteiger partial charge in [-0.05, 0) is 71.2 Å². The minimum absolute atomic E-state index is 0.121. The minimum Gasteiger partial charge on any atom is -0.469 e. The highest BCUT2D eigenvalue weighted by molar-refractivity contribution is 5.72. The van der Waals surface area contributed by atoms with E-state index in [0.29, 0.717) is 59.1 Å². The monoisotopic (exact) mass is 770 g/mol. The molecule has 10 nitrogen and oxygen atoms in total. The molecule has 4 aromatic carbocycles. The fraction of sp³-hybridized carbons (Fsp3) is 0.364. The number of hydrogen-bond donors (Lipinski definition) is 0. The minimum atomic E-state index is -0.628. The van der Waals surface area contributed by atoms with Crippen LogP contribution in [-0.4, -0.2) is 75.7 Å². The third-order valence-electron chi connectivity index (χ3n) is 10.1. The molecule has 0 bridgehead atoms. The van der Waals surface area contributed by atoms with Gasteiger partial charge in [0.05, 0.1) is 27.4 Å². The van der Waals surface area contributed by atoms with Crippen molar-refractivity contribution in [2.24, 2.45) is 0 Å². The quantitative estimate of drug-likeness (QED) is 0.0899. The van der Waals surface area contributed by atoms with Crippen molar-refractivity contribution in [3.8, 4) is 22.3 Å². The Balaban J connectivity index is 0.911. The van der Waals surface area contributed by atoms with Crippen LogP contribution >= 0.6 is 0 Å². The largest absolute Gasteiger partial charge is 0.469 e. The predicted molar refractivity (Wildman–Crippen MR) is 200 cm³/mol. The Hall–Kier alpha value is -5.46. The normalized spacial score (nSPS) is 18.6. The van der Waals surface area contributed by atoms with Crippen LogP contribution in [0.25, 0.3) is 22.3 Å². The molecule has 0 aliphatic carbocycles. The van der Waals surface area contributed by atoms with Gasteiger partial charge in [0, 0.05) is 36.8 Å². The second kappa shape index (κ2) is 18.9. The lowest BCUT2D eigenvalue weighted by atomic mass is 9.99. The highest BCUT2D eigenvalue weighted by Gasteiger charge is 2.51. The highest BCUT2D eigenvalue weighted by Crippen LogP contribution is 2.32. The Bertz CT molecular complexity index is 1870. The van der Waals surface area contributed by atoms with E-state index in [2.05, 4.69) is 9.47 Å². The molecular formula is C44H44F2O10. The molecule has 2 aliphatic rings. The van der Waals surface area contributed by atoms with Crippen LogP contribution in [0.3, 0.4) is 0 Å². The summed E-state index contributed by atoms with van der Waals surface area (Å²) in [5.74, 6) is -2.30. The van der Waals surface area contributed by atoms with Gasteiger partial charge in [-0.3, -0.25) is 19.2 Å². The Morgan fingerprint density at radius 2 is 0.857 bits per heavy atom. The molecule has 2 aliphatic heterocycles. The zero-order valence-corrected chi connectivity index (χ0v) is 31.3. The molecule has 2 saturated heterocycles. The molecule has 0 aromatic heterocycles. The number of ether oxygens (including phenoxy) is 6. The lowest BCUT2D eigenvalue weighted by molar-refractivity contribution is -0.155. The van der Waals surface area contributed by atoms with Crippen molar-refractivity contribution >= 4 is 23.9 Å². The molecule has 56 heavy (non-hydrogen) atoms. The smallest absolute Gasteiger partial charge is 0.306 e. The van der Waals surface area contributed by atoms with Gasteiger partial charge >= 0.3 is 23.9 Å². The third kappa shape index (κ3) is 10.4. The number of esters is 4. The molecule has 0 amide bonds. The first-order valence-corrected chi connectivity index (χ1v) is 18.6. The predicted octanol–water partition coefficient (Wildman–Crippen LogP) is 6.70. The molecule has 2 fully saturated rings. The second-order valence-corrected chi connectivity index (χ2v) is 13.8. The van der Waals surface area contributed by atoms with E-state index in [0.717, 1.165) is 11.1 Å². The van der Waals surface area contributed by atoms with E-state index in [1.165, 1.54) is 26.4 Å². The number of fused-ring (bicyclic) bond motifs is 1. The van der Waals surface area contributed by atoms with Gasteiger partial charge in [-0.15, -0.1) is 0 Å². The van der Waals surface area contributed by atoms with Crippen molar-refractivity contribution in [3.05, 3.63) is 119 Å². The Morgan fingerprint density at radius 3 is 1.21 bits per heavy atom. The molecule has 12 heteroatoms. The zero-order valence-electron chi connectivity index (χ0n) is 31.3. The number of halogens is 2. The lowest BCUT2D eigenvalue weighted by Gasteiger charge is -2.17. The molecule has 0 N–H and O–H groups in total. The van der Waals surface area contributed by atoms with Crippen molar-refractivity contribution in [1.29, 1.82) is 0 Å². The molecule has 0 spiro atoms. The fourth-order valence-corrected chi connectivity index (χ4v) is 6.87. The van der Waals surface area contributed by atoms with Crippen molar-refractivity contribution in [3.63, 3.8) is 0 Å². The van der Waals surface area contributed by atoms with E-state index in [9.17, 15) is 28.0 Å². The van der Waals surface area contributed by atoms with Crippen LogP contribution in [0.2, 0.25) is 0 Å². The SMILES string of the molecule is COC(=O)CCc1ccc(-c2ccc(CCC(=O)O[C@H]3CO[C@H]4[C@@H]3OC[C@H]4OC(=O)CCc3ccc(-c4ccc(CCC(=O)OC)cc4F)cc3)cc2)c(F)c1. The van der Waals surface area contributed by atoms with Crippen molar-refractivity contribution in [1.82, 2.24) is 0 Å². The van der Waals surface area contributed by atoms with Crippen molar-refractivity contribution < 1.29 is 56.4 Å². The van der Waals surface area contributed by atoms with E-state index in [1.54, 1.807) is 48.5 Å². The summed E-state index contributed by atoms with van der Waals surface area (Å²) < 4.78 is 62.1. The Kier molecular flexibility index (Phi) is 13.6. The first kappa shape index (κ1) is 40.2. The van der Waals surface area contributed by atoms with E-state index in [-0.39, 0.29) is 62.5 Å². The summed E-state index contributed by atoms with van der Waals surface area (Å²) in [4.78, 5) is 48.3. The lowest BCUT2D eigenvalue weighted by Crippen LogP contribution is -2.36. The van der Waals surface area contributed by atoms with Gasteiger partial charge in [0.15, 0.2) is 12.2 Å². The highest BCUT2D eigenvalue weighted by atomic mass is 19.1. The average Bonchev–Trinajstić information content (AvgIpc) is 3.80. The number of methoxy groups -OCH3 is 2. The Morgan fingerprint density at radius 1 is 0.518 bits per heavy atom. The molecule has 4 aromatic rings. The van der Waals surface area contributed by atoms with Crippen LogP contribution in [0.4, 0.5) is 8.78 Å². The molecule has 0 radical (unpaired) electrons. The van der Waals surface area contributed by atoms with Gasteiger partial charge in [-0.1, -0.05) is 72.8 Å². The number of carbonyl (C=O) groups excluding carboxylic acids is 4. The van der Waals surface area contributed by atoms with Crippen LogP contribution in [0.5, 0.6) is 0 Å². The summed E-state index contributed by atoms with van der Waals surface area (Å²) in [5, 5.41) is 0. The second-order valence-electron chi connectivity index (χ2n) is 13.8. The summed E-state index contributed by atoms with van der Waals surface area (Å²) in [7, 11) is 2.64. The van der Waals surface area contributed by atoms with Gasteiger partial charge < -0.3 is 28.4 Å². The number of rotatable bonds is 16. The van der Waals surface area contributed by atoms with Crippen LogP contribution < -0.4 is 0 Å². The summed E-state index contributed by atoms with van der Waals surface area (Å²) in [6.07, 6.45) is -0.142. The maximum atomic E-state index is 14.8. The maximum absolute atomic E-state index is 14.8. The third-order valence-corrected chi connectivity index (χ3v) is 10.1. The van der Waals surface area contributed by atoms with Gasteiger partial charge in [0.2, 0.25) is 0 Å². The number of aryl methyl sites for hydroxylation is 4. The van der Waals surface area contributed by atoms with Crippen LogP contribution in [-0.2, 0) is 73.3 Å². The van der Waals surface area contributed by atoms with E-state index >= 15 is 0 Å².